The van der Waals surface area contributed by atoms with Crippen molar-refractivity contribution in [1.82, 2.24) is 0 Å². The van der Waals surface area contributed by atoms with Crippen molar-refractivity contribution >= 4 is 0 Å². The van der Waals surface area contributed by atoms with E-state index in [1.165, 1.54) is 6.08 Å². The third-order valence-electron chi connectivity index (χ3n) is 2.22. The number of allylic oxidation sites excluding steroid dienone is 4. The standard InChI is InChI=1S/C10H13F3/c1-7(2)8-3-5-9(6-4-8)10(11,12)13/h3-5,7,9H,6H2,1-2H3. The van der Waals surface area contributed by atoms with Crippen LogP contribution in [0.2, 0.25) is 0 Å². The zero-order valence-corrected chi connectivity index (χ0v) is 7.73. The largest absolute Gasteiger partial charge is 0.395 e. The van der Waals surface area contributed by atoms with Crippen molar-refractivity contribution in [2.75, 3.05) is 0 Å². The average molecular weight is 190 g/mol. The molecular weight excluding hydrogens is 177 g/mol. The van der Waals surface area contributed by atoms with Crippen molar-refractivity contribution in [2.24, 2.45) is 11.8 Å². The van der Waals surface area contributed by atoms with Crippen molar-refractivity contribution in [3.63, 3.8) is 0 Å². The van der Waals surface area contributed by atoms with Crippen LogP contribution >= 0.6 is 0 Å². The molecule has 3 heteroatoms. The fourth-order valence-corrected chi connectivity index (χ4v) is 1.31. The van der Waals surface area contributed by atoms with Gasteiger partial charge in [0.2, 0.25) is 0 Å². The van der Waals surface area contributed by atoms with Gasteiger partial charge in [0.15, 0.2) is 0 Å². The first-order valence-corrected chi connectivity index (χ1v) is 4.36. The maximum absolute atomic E-state index is 12.2. The predicted octanol–water partition coefficient (Wildman–Crippen LogP) is 3.71. The molecule has 0 fully saturated rings. The minimum Gasteiger partial charge on any atom is -0.170 e. The summed E-state index contributed by atoms with van der Waals surface area (Å²) < 4.78 is 36.6. The van der Waals surface area contributed by atoms with Gasteiger partial charge in [0.1, 0.15) is 0 Å². The Hall–Kier alpha value is -0.730. The van der Waals surface area contributed by atoms with Crippen LogP contribution in [0.15, 0.2) is 23.8 Å². The SMILES string of the molecule is CC(C)C1=CCC(C(F)(F)F)C=C1. The molecule has 0 aliphatic heterocycles. The lowest BCUT2D eigenvalue weighted by molar-refractivity contribution is -0.160. The highest BCUT2D eigenvalue weighted by Crippen LogP contribution is 2.34. The Morgan fingerprint density at radius 2 is 2.00 bits per heavy atom. The Balaban J connectivity index is 2.64. The number of hydrogen-bond acceptors (Lipinski definition) is 0. The number of hydrogen-bond donors (Lipinski definition) is 0. The molecule has 1 aliphatic rings. The van der Waals surface area contributed by atoms with Crippen molar-refractivity contribution < 1.29 is 13.2 Å². The topological polar surface area (TPSA) is 0 Å². The molecule has 0 N–H and O–H groups in total. The van der Waals surface area contributed by atoms with Crippen LogP contribution < -0.4 is 0 Å². The smallest absolute Gasteiger partial charge is 0.170 e. The van der Waals surface area contributed by atoms with E-state index in [0.29, 0.717) is 5.92 Å². The quantitative estimate of drug-likeness (QED) is 0.591. The molecule has 1 atom stereocenters. The lowest BCUT2D eigenvalue weighted by Gasteiger charge is -2.20. The van der Waals surface area contributed by atoms with Gasteiger partial charge in [-0.15, -0.1) is 0 Å². The zero-order valence-electron chi connectivity index (χ0n) is 7.73. The predicted molar refractivity (Wildman–Crippen MR) is 46.2 cm³/mol. The normalized spacial score (nSPS) is 23.5. The average Bonchev–Trinajstić information content (AvgIpc) is 2.03. The highest BCUT2D eigenvalue weighted by atomic mass is 19.4. The first-order chi connectivity index (χ1) is 5.91. The third kappa shape index (κ3) is 2.61. The van der Waals surface area contributed by atoms with Crippen molar-refractivity contribution in [2.45, 2.75) is 26.4 Å². The molecule has 74 valence electrons. The van der Waals surface area contributed by atoms with Gasteiger partial charge in [-0.3, -0.25) is 0 Å². The van der Waals surface area contributed by atoms with E-state index < -0.39 is 12.1 Å². The first-order valence-electron chi connectivity index (χ1n) is 4.36. The summed E-state index contributed by atoms with van der Waals surface area (Å²) in [5, 5.41) is 0. The molecule has 1 rings (SSSR count). The van der Waals surface area contributed by atoms with Crippen LogP contribution in [0.3, 0.4) is 0 Å². The molecule has 0 heterocycles. The van der Waals surface area contributed by atoms with E-state index >= 15 is 0 Å². The van der Waals surface area contributed by atoms with Crippen LogP contribution in [0.5, 0.6) is 0 Å². The summed E-state index contributed by atoms with van der Waals surface area (Å²) in [5.41, 5.74) is 1.00. The molecule has 0 amide bonds. The first kappa shape index (κ1) is 10.4. The van der Waals surface area contributed by atoms with Gasteiger partial charge in [0, 0.05) is 0 Å². The van der Waals surface area contributed by atoms with E-state index in [0.717, 1.165) is 5.57 Å². The second-order valence-electron chi connectivity index (χ2n) is 3.60. The third-order valence-corrected chi connectivity index (χ3v) is 2.22. The lowest BCUT2D eigenvalue weighted by Crippen LogP contribution is -2.21. The molecule has 1 aliphatic carbocycles. The van der Waals surface area contributed by atoms with E-state index in [4.69, 9.17) is 0 Å². The van der Waals surface area contributed by atoms with Gasteiger partial charge in [-0.2, -0.15) is 13.2 Å². The van der Waals surface area contributed by atoms with Gasteiger partial charge < -0.3 is 0 Å². The second kappa shape index (κ2) is 3.56. The van der Waals surface area contributed by atoms with Crippen molar-refractivity contribution in [3.8, 4) is 0 Å². The van der Waals surface area contributed by atoms with Crippen LogP contribution in [0.1, 0.15) is 20.3 Å². The van der Waals surface area contributed by atoms with Crippen LogP contribution in [0.4, 0.5) is 13.2 Å². The summed E-state index contributed by atoms with van der Waals surface area (Å²) in [7, 11) is 0. The fraction of sp³-hybridized carbons (Fsp3) is 0.600. The summed E-state index contributed by atoms with van der Waals surface area (Å²) in [4.78, 5) is 0. The molecule has 0 aromatic carbocycles. The van der Waals surface area contributed by atoms with Crippen molar-refractivity contribution in [3.05, 3.63) is 23.8 Å². The van der Waals surface area contributed by atoms with Crippen LogP contribution in [0, 0.1) is 11.8 Å². The lowest BCUT2D eigenvalue weighted by atomic mass is 9.91. The number of rotatable bonds is 1. The van der Waals surface area contributed by atoms with E-state index in [1.807, 2.05) is 13.8 Å². The fourth-order valence-electron chi connectivity index (χ4n) is 1.31. The molecule has 13 heavy (non-hydrogen) atoms. The highest BCUT2D eigenvalue weighted by Gasteiger charge is 2.37. The molecule has 0 radical (unpaired) electrons. The summed E-state index contributed by atoms with van der Waals surface area (Å²) >= 11 is 0. The Labute approximate surface area is 76.1 Å². The summed E-state index contributed by atoms with van der Waals surface area (Å²) in [6, 6.07) is 0. The molecular formula is C10H13F3. The Kier molecular flexibility index (Phi) is 2.84. The van der Waals surface area contributed by atoms with Gasteiger partial charge in [-0.25, -0.2) is 0 Å². The number of alkyl halides is 3. The molecule has 0 spiro atoms. The Morgan fingerprint density at radius 3 is 2.31 bits per heavy atom. The maximum atomic E-state index is 12.2. The van der Waals surface area contributed by atoms with E-state index in [9.17, 15) is 13.2 Å². The van der Waals surface area contributed by atoms with E-state index in [-0.39, 0.29) is 6.42 Å². The molecule has 0 aromatic rings. The van der Waals surface area contributed by atoms with Crippen LogP contribution in [-0.2, 0) is 0 Å². The van der Waals surface area contributed by atoms with Crippen molar-refractivity contribution in [1.29, 1.82) is 0 Å². The molecule has 0 aromatic heterocycles. The molecule has 0 saturated heterocycles. The summed E-state index contributed by atoms with van der Waals surface area (Å²) in [6.07, 6.45) is 0.535. The molecule has 0 nitrogen and oxygen atoms in total. The molecule has 0 saturated carbocycles. The minimum absolute atomic E-state index is 0.0908. The van der Waals surface area contributed by atoms with Crippen LogP contribution in [0.25, 0.3) is 0 Å². The second-order valence-corrected chi connectivity index (χ2v) is 3.60. The van der Waals surface area contributed by atoms with Crippen LogP contribution in [-0.4, -0.2) is 6.18 Å². The Bertz CT molecular complexity index is 233. The minimum atomic E-state index is -4.09. The van der Waals surface area contributed by atoms with Gasteiger partial charge in [0.25, 0.3) is 0 Å². The maximum Gasteiger partial charge on any atom is 0.395 e. The Morgan fingerprint density at radius 1 is 1.38 bits per heavy atom. The zero-order chi connectivity index (χ0) is 10.1. The molecule has 1 unspecified atom stereocenters. The molecule has 0 bridgehead atoms. The van der Waals surface area contributed by atoms with Gasteiger partial charge in [-0.05, 0) is 17.9 Å². The number of halogens is 3. The summed E-state index contributed by atoms with van der Waals surface area (Å²) in [5.74, 6) is -0.972. The van der Waals surface area contributed by atoms with Gasteiger partial charge >= 0.3 is 6.18 Å². The van der Waals surface area contributed by atoms with E-state index in [1.54, 1.807) is 12.2 Å². The van der Waals surface area contributed by atoms with Gasteiger partial charge in [-0.1, -0.05) is 32.1 Å². The van der Waals surface area contributed by atoms with Gasteiger partial charge in [0.05, 0.1) is 5.92 Å². The summed E-state index contributed by atoms with van der Waals surface area (Å²) in [6.45, 7) is 3.95. The van der Waals surface area contributed by atoms with E-state index in [2.05, 4.69) is 0 Å². The monoisotopic (exact) mass is 190 g/mol. The highest BCUT2D eigenvalue weighted by molar-refractivity contribution is 5.25.